The summed E-state index contributed by atoms with van der Waals surface area (Å²) in [5.74, 6) is -1.89. The fraction of sp³-hybridized carbons (Fsp3) is 0.278. The number of allylic oxidation sites excluding steroid dienone is 1. The molecule has 0 radical (unpaired) electrons. The molecular formula is C18H19FN2O5S. The second-order valence-corrected chi connectivity index (χ2v) is 7.71. The molecule has 3 rings (SSSR count). The monoisotopic (exact) mass is 394 g/mol. The van der Waals surface area contributed by atoms with Gasteiger partial charge in [0.1, 0.15) is 23.7 Å². The van der Waals surface area contributed by atoms with Gasteiger partial charge in [-0.1, -0.05) is 12.1 Å². The first-order chi connectivity index (χ1) is 12.8. The molecule has 0 spiro atoms. The van der Waals surface area contributed by atoms with E-state index in [1.54, 1.807) is 16.9 Å². The number of halogens is 1. The molecule has 0 bridgehead atoms. The number of unbranched alkanes of at least 4 members (excludes halogenated alkanes) is 2. The van der Waals surface area contributed by atoms with Gasteiger partial charge in [0.25, 0.3) is 5.91 Å². The number of amides is 1. The standard InChI is InChI=1S/C18H19FN2O5S/c1-2-3-4-5-8-26-13-7-6-12-9-15(22)18(17(19)14(12)10-13)21-11-16(23)20-27(21,24)25/h2,6-7,9-10,22H,1,3-5,8,11H2,(H,20,23). The van der Waals surface area contributed by atoms with E-state index in [-0.39, 0.29) is 5.39 Å². The second kappa shape index (κ2) is 7.43. The lowest BCUT2D eigenvalue weighted by molar-refractivity contribution is -0.117. The van der Waals surface area contributed by atoms with E-state index in [0.29, 0.717) is 22.0 Å². The van der Waals surface area contributed by atoms with Gasteiger partial charge in [-0.05, 0) is 42.8 Å². The van der Waals surface area contributed by atoms with Crippen LogP contribution in [-0.4, -0.2) is 32.6 Å². The van der Waals surface area contributed by atoms with Crippen molar-refractivity contribution in [3.05, 3.63) is 42.7 Å². The van der Waals surface area contributed by atoms with Gasteiger partial charge in [0.2, 0.25) is 0 Å². The van der Waals surface area contributed by atoms with Crippen LogP contribution in [0, 0.1) is 5.82 Å². The third-order valence-corrected chi connectivity index (χ3v) is 5.52. The maximum Gasteiger partial charge on any atom is 0.326 e. The summed E-state index contributed by atoms with van der Waals surface area (Å²) in [6, 6.07) is 5.91. The number of anilines is 1. The number of carbonyl (C=O) groups excluding carboxylic acids is 1. The number of phenolic OH excluding ortho intramolecular Hbond substituents is 1. The highest BCUT2D eigenvalue weighted by molar-refractivity contribution is 7.92. The molecule has 0 unspecified atom stereocenters. The van der Waals surface area contributed by atoms with Crippen LogP contribution in [0.15, 0.2) is 36.9 Å². The maximum absolute atomic E-state index is 15.0. The van der Waals surface area contributed by atoms with Gasteiger partial charge in [0.05, 0.1) is 6.61 Å². The number of aromatic hydroxyl groups is 1. The Labute approximate surface area is 156 Å². The topological polar surface area (TPSA) is 95.9 Å². The SMILES string of the molecule is C=CCCCCOc1ccc2cc(O)c(N3CC(=O)NS3(=O)=O)c(F)c2c1. The molecule has 1 aliphatic heterocycles. The quantitative estimate of drug-likeness (QED) is 0.556. The average molecular weight is 394 g/mol. The summed E-state index contributed by atoms with van der Waals surface area (Å²) in [6.07, 6.45) is 4.45. The van der Waals surface area contributed by atoms with Crippen LogP contribution in [0.1, 0.15) is 19.3 Å². The van der Waals surface area contributed by atoms with Crippen LogP contribution in [0.3, 0.4) is 0 Å². The number of rotatable bonds is 7. The molecule has 0 saturated carbocycles. The number of benzene rings is 2. The Morgan fingerprint density at radius 1 is 1.33 bits per heavy atom. The molecule has 1 amide bonds. The van der Waals surface area contributed by atoms with Crippen molar-refractivity contribution in [2.75, 3.05) is 17.5 Å². The van der Waals surface area contributed by atoms with Crippen molar-refractivity contribution in [1.82, 2.24) is 4.72 Å². The van der Waals surface area contributed by atoms with Crippen molar-refractivity contribution in [2.24, 2.45) is 0 Å². The van der Waals surface area contributed by atoms with Crippen molar-refractivity contribution in [2.45, 2.75) is 19.3 Å². The Morgan fingerprint density at radius 2 is 2.11 bits per heavy atom. The van der Waals surface area contributed by atoms with Crippen molar-refractivity contribution >= 4 is 32.6 Å². The van der Waals surface area contributed by atoms with Gasteiger partial charge in [-0.2, -0.15) is 8.42 Å². The molecule has 27 heavy (non-hydrogen) atoms. The van der Waals surface area contributed by atoms with E-state index in [2.05, 4.69) is 6.58 Å². The largest absolute Gasteiger partial charge is 0.506 e. The molecule has 2 aromatic rings. The number of fused-ring (bicyclic) bond motifs is 1. The molecule has 0 aromatic heterocycles. The number of hydrogen-bond acceptors (Lipinski definition) is 5. The van der Waals surface area contributed by atoms with Crippen molar-refractivity contribution in [3.63, 3.8) is 0 Å². The normalized spacial score (nSPS) is 15.7. The zero-order chi connectivity index (χ0) is 19.6. The van der Waals surface area contributed by atoms with E-state index >= 15 is 4.39 Å². The lowest BCUT2D eigenvalue weighted by Crippen LogP contribution is -2.30. The van der Waals surface area contributed by atoms with Crippen LogP contribution >= 0.6 is 0 Å². The molecule has 9 heteroatoms. The number of phenols is 1. The highest BCUT2D eigenvalue weighted by Crippen LogP contribution is 2.39. The molecule has 144 valence electrons. The van der Waals surface area contributed by atoms with E-state index in [0.717, 1.165) is 19.3 Å². The summed E-state index contributed by atoms with van der Waals surface area (Å²) in [5, 5.41) is 10.6. The summed E-state index contributed by atoms with van der Waals surface area (Å²) in [7, 11) is -4.24. The van der Waals surface area contributed by atoms with E-state index in [4.69, 9.17) is 4.74 Å². The third kappa shape index (κ3) is 3.82. The lowest BCUT2D eigenvalue weighted by Gasteiger charge is -2.18. The van der Waals surface area contributed by atoms with E-state index < -0.39 is 39.9 Å². The Kier molecular flexibility index (Phi) is 5.22. The highest BCUT2D eigenvalue weighted by atomic mass is 32.2. The minimum atomic E-state index is -4.24. The van der Waals surface area contributed by atoms with E-state index in [1.807, 2.05) is 6.08 Å². The predicted molar refractivity (Wildman–Crippen MR) is 99.5 cm³/mol. The molecule has 0 atom stereocenters. The Hall–Kier alpha value is -2.81. The number of carbonyl (C=O) groups is 1. The summed E-state index contributed by atoms with van der Waals surface area (Å²) >= 11 is 0. The summed E-state index contributed by atoms with van der Waals surface area (Å²) in [6.45, 7) is 3.50. The number of nitrogens with one attached hydrogen (secondary N) is 1. The van der Waals surface area contributed by atoms with E-state index in [9.17, 15) is 18.3 Å². The first-order valence-electron chi connectivity index (χ1n) is 8.35. The van der Waals surface area contributed by atoms with Crippen LogP contribution in [0.25, 0.3) is 10.8 Å². The van der Waals surface area contributed by atoms with Gasteiger partial charge in [0.15, 0.2) is 5.82 Å². The molecule has 1 aliphatic rings. The van der Waals surface area contributed by atoms with Crippen LogP contribution in [0.5, 0.6) is 11.5 Å². The summed E-state index contributed by atoms with van der Waals surface area (Å²) in [5.41, 5.74) is -0.566. The molecular weight excluding hydrogens is 375 g/mol. The van der Waals surface area contributed by atoms with Gasteiger partial charge in [-0.3, -0.25) is 4.79 Å². The lowest BCUT2D eigenvalue weighted by atomic mass is 10.1. The average Bonchev–Trinajstić information content (AvgIpc) is 2.87. The molecule has 1 heterocycles. The third-order valence-electron chi connectivity index (χ3n) is 4.14. The van der Waals surface area contributed by atoms with Crippen molar-refractivity contribution < 1.29 is 27.4 Å². The fourth-order valence-corrected chi connectivity index (χ4v) is 4.02. The number of ether oxygens (including phenoxy) is 1. The first kappa shape index (κ1) is 19.0. The Balaban J connectivity index is 1.94. The summed E-state index contributed by atoms with van der Waals surface area (Å²) < 4.78 is 46.9. The Morgan fingerprint density at radius 3 is 2.78 bits per heavy atom. The minimum absolute atomic E-state index is 0.0842. The van der Waals surface area contributed by atoms with Crippen molar-refractivity contribution in [3.8, 4) is 11.5 Å². The van der Waals surface area contributed by atoms with Crippen LogP contribution < -0.4 is 13.8 Å². The van der Waals surface area contributed by atoms with E-state index in [1.165, 1.54) is 12.1 Å². The zero-order valence-electron chi connectivity index (χ0n) is 14.4. The van der Waals surface area contributed by atoms with Gasteiger partial charge in [-0.15, -0.1) is 6.58 Å². The van der Waals surface area contributed by atoms with Crippen LogP contribution in [-0.2, 0) is 15.0 Å². The van der Waals surface area contributed by atoms with Crippen LogP contribution in [0.2, 0.25) is 0 Å². The number of hydrogen-bond donors (Lipinski definition) is 2. The molecule has 0 aliphatic carbocycles. The van der Waals surface area contributed by atoms with Gasteiger partial charge in [-0.25, -0.2) is 13.4 Å². The molecule has 1 fully saturated rings. The Bertz CT molecular complexity index is 1010. The maximum atomic E-state index is 15.0. The molecule has 2 N–H and O–H groups in total. The number of nitrogens with zero attached hydrogens (tertiary/aromatic N) is 1. The first-order valence-corrected chi connectivity index (χ1v) is 9.79. The minimum Gasteiger partial charge on any atom is -0.506 e. The highest BCUT2D eigenvalue weighted by Gasteiger charge is 2.37. The van der Waals surface area contributed by atoms with Gasteiger partial charge >= 0.3 is 10.2 Å². The van der Waals surface area contributed by atoms with Crippen molar-refractivity contribution in [1.29, 1.82) is 0 Å². The molecule has 1 saturated heterocycles. The van der Waals surface area contributed by atoms with Gasteiger partial charge < -0.3 is 9.84 Å². The fourth-order valence-electron chi connectivity index (χ4n) is 2.86. The smallest absolute Gasteiger partial charge is 0.326 e. The predicted octanol–water partition coefficient (Wildman–Crippen LogP) is 2.60. The van der Waals surface area contributed by atoms with Gasteiger partial charge in [0, 0.05) is 5.39 Å². The summed E-state index contributed by atoms with van der Waals surface area (Å²) in [4.78, 5) is 11.4. The molecule has 7 nitrogen and oxygen atoms in total. The van der Waals surface area contributed by atoms with Crippen LogP contribution in [0.4, 0.5) is 10.1 Å². The zero-order valence-corrected chi connectivity index (χ0v) is 15.3. The second-order valence-electron chi connectivity index (χ2n) is 6.11. The molecule has 2 aromatic carbocycles.